The second-order valence-electron chi connectivity index (χ2n) is 4.83. The molecule has 2 N–H and O–H groups in total. The summed E-state index contributed by atoms with van der Waals surface area (Å²) in [7, 11) is 0. The molecule has 2 unspecified atom stereocenters. The Bertz CT molecular complexity index is 394. The van der Waals surface area contributed by atoms with Gasteiger partial charge in [0.05, 0.1) is 0 Å². The first-order valence-electron chi connectivity index (χ1n) is 6.38. The molecule has 2 rings (SSSR count). The molecule has 1 saturated heterocycles. The molecule has 0 aliphatic carbocycles. The van der Waals surface area contributed by atoms with Crippen LogP contribution < -0.4 is 10.5 Å². The number of likely N-dealkylation sites (tertiary alicyclic amines) is 1. The quantitative estimate of drug-likeness (QED) is 0.872. The second-order valence-corrected chi connectivity index (χ2v) is 4.83. The van der Waals surface area contributed by atoms with Gasteiger partial charge in [0.25, 0.3) is 5.91 Å². The molecule has 0 radical (unpaired) electrons. The van der Waals surface area contributed by atoms with Gasteiger partial charge < -0.3 is 15.4 Å². The molecule has 2 atom stereocenters. The Labute approximate surface area is 108 Å². The smallest absolute Gasteiger partial charge is 0.260 e. The standard InChI is InChI=1S/C14H20N2O2/c1-11-7-12(8-15)9-16(11)14(17)10-18-13-5-3-2-4-6-13/h2-6,11-12H,7-10,15H2,1H3. The minimum Gasteiger partial charge on any atom is -0.484 e. The number of benzene rings is 1. The zero-order chi connectivity index (χ0) is 13.0. The fourth-order valence-corrected chi connectivity index (χ4v) is 2.41. The average molecular weight is 248 g/mol. The number of rotatable bonds is 4. The summed E-state index contributed by atoms with van der Waals surface area (Å²) < 4.78 is 5.47. The van der Waals surface area contributed by atoms with Crippen molar-refractivity contribution in [2.75, 3.05) is 19.7 Å². The molecular weight excluding hydrogens is 228 g/mol. The first-order valence-corrected chi connectivity index (χ1v) is 6.38. The van der Waals surface area contributed by atoms with E-state index < -0.39 is 0 Å². The summed E-state index contributed by atoms with van der Waals surface area (Å²) in [5, 5.41) is 0. The lowest BCUT2D eigenvalue weighted by Gasteiger charge is -2.21. The first-order chi connectivity index (χ1) is 8.70. The summed E-state index contributed by atoms with van der Waals surface area (Å²) in [6.45, 7) is 3.57. The number of ether oxygens (including phenoxy) is 1. The first kappa shape index (κ1) is 12.9. The lowest BCUT2D eigenvalue weighted by Crippen LogP contribution is -2.37. The third kappa shape index (κ3) is 3.01. The number of hydrogen-bond donors (Lipinski definition) is 1. The van der Waals surface area contributed by atoms with Crippen molar-refractivity contribution in [1.82, 2.24) is 4.90 Å². The van der Waals surface area contributed by atoms with Gasteiger partial charge in [0, 0.05) is 12.6 Å². The molecule has 1 aromatic rings. The van der Waals surface area contributed by atoms with E-state index in [-0.39, 0.29) is 18.6 Å². The summed E-state index contributed by atoms with van der Waals surface area (Å²) in [4.78, 5) is 13.9. The van der Waals surface area contributed by atoms with E-state index in [0.29, 0.717) is 12.5 Å². The van der Waals surface area contributed by atoms with Gasteiger partial charge in [-0.2, -0.15) is 0 Å². The molecule has 0 aromatic heterocycles. The van der Waals surface area contributed by atoms with Crippen molar-refractivity contribution in [3.8, 4) is 5.75 Å². The van der Waals surface area contributed by atoms with Gasteiger partial charge in [-0.05, 0) is 37.9 Å². The summed E-state index contributed by atoms with van der Waals surface area (Å²) in [5.41, 5.74) is 5.65. The Morgan fingerprint density at radius 2 is 2.17 bits per heavy atom. The van der Waals surface area contributed by atoms with Gasteiger partial charge in [-0.25, -0.2) is 0 Å². The molecule has 1 aromatic carbocycles. The van der Waals surface area contributed by atoms with Crippen LogP contribution in [0.15, 0.2) is 30.3 Å². The van der Waals surface area contributed by atoms with Crippen molar-refractivity contribution in [3.05, 3.63) is 30.3 Å². The van der Waals surface area contributed by atoms with Crippen LogP contribution in [0.2, 0.25) is 0 Å². The van der Waals surface area contributed by atoms with Crippen molar-refractivity contribution in [1.29, 1.82) is 0 Å². The van der Waals surface area contributed by atoms with Crippen molar-refractivity contribution >= 4 is 5.91 Å². The van der Waals surface area contributed by atoms with E-state index in [1.54, 1.807) is 0 Å². The summed E-state index contributed by atoms with van der Waals surface area (Å²) in [5.74, 6) is 1.20. The Morgan fingerprint density at radius 3 is 2.78 bits per heavy atom. The Morgan fingerprint density at radius 1 is 1.44 bits per heavy atom. The average Bonchev–Trinajstić information content (AvgIpc) is 2.78. The van der Waals surface area contributed by atoms with Crippen LogP contribution in [0.1, 0.15) is 13.3 Å². The maximum absolute atomic E-state index is 12.1. The van der Waals surface area contributed by atoms with Crippen LogP contribution in [0.4, 0.5) is 0 Å². The largest absolute Gasteiger partial charge is 0.484 e. The fraction of sp³-hybridized carbons (Fsp3) is 0.500. The SMILES string of the molecule is CC1CC(CN)CN1C(=O)COc1ccccc1. The van der Waals surface area contributed by atoms with Crippen molar-refractivity contribution in [3.63, 3.8) is 0 Å². The van der Waals surface area contributed by atoms with Crippen molar-refractivity contribution < 1.29 is 9.53 Å². The van der Waals surface area contributed by atoms with Gasteiger partial charge in [0.15, 0.2) is 6.61 Å². The van der Waals surface area contributed by atoms with E-state index in [1.807, 2.05) is 35.2 Å². The number of amides is 1. The van der Waals surface area contributed by atoms with E-state index in [1.165, 1.54) is 0 Å². The van der Waals surface area contributed by atoms with E-state index in [0.717, 1.165) is 18.7 Å². The van der Waals surface area contributed by atoms with Crippen LogP contribution in [0.25, 0.3) is 0 Å². The fourth-order valence-electron chi connectivity index (χ4n) is 2.41. The molecular formula is C14H20N2O2. The second kappa shape index (κ2) is 5.87. The normalized spacial score (nSPS) is 23.1. The van der Waals surface area contributed by atoms with Crippen LogP contribution >= 0.6 is 0 Å². The minimum absolute atomic E-state index is 0.0438. The lowest BCUT2D eigenvalue weighted by molar-refractivity contribution is -0.134. The van der Waals surface area contributed by atoms with Gasteiger partial charge in [-0.3, -0.25) is 4.79 Å². The van der Waals surface area contributed by atoms with Crippen LogP contribution in [0, 0.1) is 5.92 Å². The highest BCUT2D eigenvalue weighted by molar-refractivity contribution is 5.78. The van der Waals surface area contributed by atoms with Crippen molar-refractivity contribution in [2.24, 2.45) is 11.7 Å². The monoisotopic (exact) mass is 248 g/mol. The van der Waals surface area contributed by atoms with Crippen LogP contribution in [-0.4, -0.2) is 36.5 Å². The molecule has 1 aliphatic heterocycles. The number of nitrogens with zero attached hydrogens (tertiary/aromatic N) is 1. The third-order valence-electron chi connectivity index (χ3n) is 3.42. The number of nitrogens with two attached hydrogens (primary N) is 1. The molecule has 18 heavy (non-hydrogen) atoms. The van der Waals surface area contributed by atoms with Gasteiger partial charge in [-0.1, -0.05) is 18.2 Å². The summed E-state index contributed by atoms with van der Waals surface area (Å²) in [6, 6.07) is 9.67. The molecule has 1 aliphatic rings. The Hall–Kier alpha value is -1.55. The maximum atomic E-state index is 12.1. The van der Waals surface area contributed by atoms with Gasteiger partial charge in [-0.15, -0.1) is 0 Å². The van der Waals surface area contributed by atoms with E-state index in [4.69, 9.17) is 10.5 Å². The van der Waals surface area contributed by atoms with Crippen LogP contribution in [0.5, 0.6) is 5.75 Å². The van der Waals surface area contributed by atoms with Crippen molar-refractivity contribution in [2.45, 2.75) is 19.4 Å². The molecule has 1 fully saturated rings. The summed E-state index contributed by atoms with van der Waals surface area (Å²) >= 11 is 0. The van der Waals surface area contributed by atoms with Gasteiger partial charge >= 0.3 is 0 Å². The summed E-state index contributed by atoms with van der Waals surface area (Å²) in [6.07, 6.45) is 0.994. The highest BCUT2D eigenvalue weighted by Gasteiger charge is 2.31. The molecule has 1 heterocycles. The van der Waals surface area contributed by atoms with E-state index in [2.05, 4.69) is 6.92 Å². The molecule has 0 saturated carbocycles. The minimum atomic E-state index is 0.0438. The molecule has 0 bridgehead atoms. The highest BCUT2D eigenvalue weighted by atomic mass is 16.5. The zero-order valence-electron chi connectivity index (χ0n) is 10.7. The number of para-hydroxylation sites is 1. The molecule has 1 amide bonds. The maximum Gasteiger partial charge on any atom is 0.260 e. The van der Waals surface area contributed by atoms with Crippen LogP contribution in [0.3, 0.4) is 0 Å². The van der Waals surface area contributed by atoms with E-state index >= 15 is 0 Å². The number of carbonyl (C=O) groups is 1. The molecule has 4 heteroatoms. The zero-order valence-corrected chi connectivity index (χ0v) is 10.7. The highest BCUT2D eigenvalue weighted by Crippen LogP contribution is 2.22. The lowest BCUT2D eigenvalue weighted by atomic mass is 10.1. The topological polar surface area (TPSA) is 55.6 Å². The molecule has 4 nitrogen and oxygen atoms in total. The van der Waals surface area contributed by atoms with Gasteiger partial charge in [0.2, 0.25) is 0 Å². The third-order valence-corrected chi connectivity index (χ3v) is 3.42. The van der Waals surface area contributed by atoms with Crippen LogP contribution in [-0.2, 0) is 4.79 Å². The van der Waals surface area contributed by atoms with E-state index in [9.17, 15) is 4.79 Å². The van der Waals surface area contributed by atoms with Gasteiger partial charge in [0.1, 0.15) is 5.75 Å². The number of hydrogen-bond acceptors (Lipinski definition) is 3. The number of carbonyl (C=O) groups excluding carboxylic acids is 1. The molecule has 0 spiro atoms. The molecule has 98 valence electrons. The predicted octanol–water partition coefficient (Wildman–Crippen LogP) is 1.26. The predicted molar refractivity (Wildman–Crippen MR) is 70.3 cm³/mol. The Kier molecular flexibility index (Phi) is 4.20. The Balaban J connectivity index is 1.85.